The summed E-state index contributed by atoms with van der Waals surface area (Å²) >= 11 is 0. The van der Waals surface area contributed by atoms with E-state index in [1.807, 2.05) is 6.92 Å². The van der Waals surface area contributed by atoms with Crippen molar-refractivity contribution >= 4 is 11.9 Å². The van der Waals surface area contributed by atoms with Crippen LogP contribution in [-0.2, 0) is 14.3 Å². The number of hydrogen-bond acceptors (Lipinski definition) is 4. The Kier molecular flexibility index (Phi) is 4.29. The first-order valence-corrected chi connectivity index (χ1v) is 5.66. The molecule has 1 saturated carbocycles. The maximum Gasteiger partial charge on any atom is 0.325 e. The zero-order valence-electron chi connectivity index (χ0n) is 9.99. The maximum atomic E-state index is 12.1. The van der Waals surface area contributed by atoms with Gasteiger partial charge in [-0.1, -0.05) is 6.92 Å². The second kappa shape index (κ2) is 5.30. The lowest BCUT2D eigenvalue weighted by Gasteiger charge is -2.25. The molecule has 1 rings (SSSR count). The molecule has 1 amide bonds. The molecule has 92 valence electrons. The molecular formula is C11H20N2O3. The second-order valence-electron chi connectivity index (χ2n) is 4.29. The molecule has 0 heterocycles. The number of amides is 1. The van der Waals surface area contributed by atoms with Crippen molar-refractivity contribution in [2.24, 2.45) is 11.1 Å². The van der Waals surface area contributed by atoms with Gasteiger partial charge < -0.3 is 15.4 Å². The summed E-state index contributed by atoms with van der Waals surface area (Å²) in [4.78, 5) is 24.9. The first kappa shape index (κ1) is 13.0. The average Bonchev–Trinajstić information content (AvgIpc) is 3.08. The van der Waals surface area contributed by atoms with E-state index >= 15 is 0 Å². The summed E-state index contributed by atoms with van der Waals surface area (Å²) in [6, 6.07) is 0. The normalized spacial score (nSPS) is 16.7. The van der Waals surface area contributed by atoms with Gasteiger partial charge in [0.05, 0.1) is 12.5 Å². The Morgan fingerprint density at radius 1 is 1.44 bits per heavy atom. The summed E-state index contributed by atoms with van der Waals surface area (Å²) in [6.45, 7) is 2.95. The van der Waals surface area contributed by atoms with Crippen molar-refractivity contribution in [2.75, 3.05) is 26.7 Å². The summed E-state index contributed by atoms with van der Waals surface area (Å²) in [7, 11) is 1.33. The third kappa shape index (κ3) is 2.72. The van der Waals surface area contributed by atoms with Crippen LogP contribution in [-0.4, -0.2) is 43.5 Å². The Hall–Kier alpha value is -1.10. The standard InChI is InChI=1S/C11H20N2O3/c1-3-6-13(7-9(14)16-2)10(15)11(8-12)4-5-11/h3-8,12H2,1-2H3. The molecule has 1 aliphatic carbocycles. The molecule has 16 heavy (non-hydrogen) atoms. The van der Waals surface area contributed by atoms with Gasteiger partial charge in [0.2, 0.25) is 5.91 Å². The quantitative estimate of drug-likeness (QED) is 0.656. The van der Waals surface area contributed by atoms with Gasteiger partial charge >= 0.3 is 5.97 Å². The van der Waals surface area contributed by atoms with Gasteiger partial charge in [0.15, 0.2) is 0 Å². The lowest BCUT2D eigenvalue weighted by atomic mass is 10.1. The van der Waals surface area contributed by atoms with Crippen LogP contribution in [0.25, 0.3) is 0 Å². The predicted molar refractivity (Wildman–Crippen MR) is 59.6 cm³/mol. The van der Waals surface area contributed by atoms with Crippen molar-refractivity contribution in [1.82, 2.24) is 4.90 Å². The highest BCUT2D eigenvalue weighted by Crippen LogP contribution is 2.46. The first-order valence-electron chi connectivity index (χ1n) is 5.66. The van der Waals surface area contributed by atoms with Crippen LogP contribution >= 0.6 is 0 Å². The van der Waals surface area contributed by atoms with E-state index < -0.39 is 0 Å². The van der Waals surface area contributed by atoms with Crippen molar-refractivity contribution < 1.29 is 14.3 Å². The van der Waals surface area contributed by atoms with Crippen molar-refractivity contribution in [3.8, 4) is 0 Å². The third-order valence-corrected chi connectivity index (χ3v) is 3.03. The van der Waals surface area contributed by atoms with Gasteiger partial charge in [0, 0.05) is 13.1 Å². The van der Waals surface area contributed by atoms with E-state index in [0.29, 0.717) is 13.1 Å². The molecular weight excluding hydrogens is 208 g/mol. The number of ether oxygens (including phenoxy) is 1. The zero-order valence-corrected chi connectivity index (χ0v) is 9.99. The van der Waals surface area contributed by atoms with Gasteiger partial charge in [-0.2, -0.15) is 0 Å². The van der Waals surface area contributed by atoms with Crippen LogP contribution in [0.5, 0.6) is 0 Å². The van der Waals surface area contributed by atoms with Crippen LogP contribution in [0.2, 0.25) is 0 Å². The molecule has 1 aliphatic rings. The summed E-state index contributed by atoms with van der Waals surface area (Å²) in [6.07, 6.45) is 2.50. The molecule has 0 saturated heterocycles. The highest BCUT2D eigenvalue weighted by atomic mass is 16.5. The molecule has 2 N–H and O–H groups in total. The number of nitrogens with two attached hydrogens (primary N) is 1. The lowest BCUT2D eigenvalue weighted by molar-refractivity contribution is -0.149. The topological polar surface area (TPSA) is 72.6 Å². The summed E-state index contributed by atoms with van der Waals surface area (Å²) < 4.78 is 4.58. The number of nitrogens with zero attached hydrogens (tertiary/aromatic N) is 1. The number of carbonyl (C=O) groups is 2. The van der Waals surface area contributed by atoms with Crippen molar-refractivity contribution in [2.45, 2.75) is 26.2 Å². The minimum atomic E-state index is -0.386. The van der Waals surface area contributed by atoms with E-state index in [1.54, 1.807) is 4.90 Å². The fourth-order valence-corrected chi connectivity index (χ4v) is 1.73. The van der Waals surface area contributed by atoms with Gasteiger partial charge in [0.25, 0.3) is 0 Å². The Morgan fingerprint density at radius 2 is 2.06 bits per heavy atom. The van der Waals surface area contributed by atoms with E-state index in [-0.39, 0.29) is 23.8 Å². The summed E-state index contributed by atoms with van der Waals surface area (Å²) in [5.41, 5.74) is 5.22. The van der Waals surface area contributed by atoms with E-state index in [9.17, 15) is 9.59 Å². The minimum Gasteiger partial charge on any atom is -0.468 e. The zero-order chi connectivity index (χ0) is 12.2. The van der Waals surface area contributed by atoms with Gasteiger partial charge in [-0.15, -0.1) is 0 Å². The fourth-order valence-electron chi connectivity index (χ4n) is 1.73. The van der Waals surface area contributed by atoms with Crippen LogP contribution in [0.3, 0.4) is 0 Å². The number of methoxy groups -OCH3 is 1. The van der Waals surface area contributed by atoms with E-state index in [1.165, 1.54) is 7.11 Å². The largest absolute Gasteiger partial charge is 0.468 e. The van der Waals surface area contributed by atoms with Gasteiger partial charge in [-0.05, 0) is 19.3 Å². The molecule has 1 fully saturated rings. The summed E-state index contributed by atoms with van der Waals surface area (Å²) in [5.74, 6) is -0.378. The van der Waals surface area contributed by atoms with Gasteiger partial charge in [-0.25, -0.2) is 0 Å². The Balaban J connectivity index is 2.62. The van der Waals surface area contributed by atoms with Crippen molar-refractivity contribution in [3.63, 3.8) is 0 Å². The Bertz CT molecular complexity index is 274. The molecule has 0 aromatic heterocycles. The maximum absolute atomic E-state index is 12.1. The van der Waals surface area contributed by atoms with Crippen molar-refractivity contribution in [1.29, 1.82) is 0 Å². The molecule has 0 unspecified atom stereocenters. The van der Waals surface area contributed by atoms with E-state index in [0.717, 1.165) is 19.3 Å². The van der Waals surface area contributed by atoms with Gasteiger partial charge in [-0.3, -0.25) is 9.59 Å². The van der Waals surface area contributed by atoms with Crippen LogP contribution in [0.15, 0.2) is 0 Å². The molecule has 0 bridgehead atoms. The number of rotatable bonds is 6. The minimum absolute atomic E-state index is 0.00208. The van der Waals surface area contributed by atoms with Crippen LogP contribution < -0.4 is 5.73 Å². The number of carbonyl (C=O) groups excluding carboxylic acids is 2. The molecule has 0 aromatic carbocycles. The molecule has 0 spiro atoms. The monoisotopic (exact) mass is 228 g/mol. The SMILES string of the molecule is CCCN(CC(=O)OC)C(=O)C1(CN)CC1. The molecule has 0 aliphatic heterocycles. The Labute approximate surface area is 95.9 Å². The van der Waals surface area contributed by atoms with Crippen LogP contribution in [0.1, 0.15) is 26.2 Å². The van der Waals surface area contributed by atoms with Gasteiger partial charge in [0.1, 0.15) is 6.54 Å². The molecule has 0 radical (unpaired) electrons. The Morgan fingerprint density at radius 3 is 2.44 bits per heavy atom. The van der Waals surface area contributed by atoms with Crippen molar-refractivity contribution in [3.05, 3.63) is 0 Å². The highest BCUT2D eigenvalue weighted by molar-refractivity contribution is 5.88. The lowest BCUT2D eigenvalue weighted by Crippen LogP contribution is -2.43. The van der Waals surface area contributed by atoms with Crippen LogP contribution in [0.4, 0.5) is 0 Å². The highest BCUT2D eigenvalue weighted by Gasteiger charge is 2.50. The molecule has 5 heteroatoms. The van der Waals surface area contributed by atoms with E-state index in [4.69, 9.17) is 5.73 Å². The fraction of sp³-hybridized carbons (Fsp3) is 0.818. The van der Waals surface area contributed by atoms with E-state index in [2.05, 4.69) is 4.74 Å². The predicted octanol–water partition coefficient (Wildman–Crippen LogP) is 0.137. The van der Waals surface area contributed by atoms with Crippen LogP contribution in [0, 0.1) is 5.41 Å². The second-order valence-corrected chi connectivity index (χ2v) is 4.29. The smallest absolute Gasteiger partial charge is 0.325 e. The molecule has 5 nitrogen and oxygen atoms in total. The number of esters is 1. The summed E-state index contributed by atoms with van der Waals surface area (Å²) in [5, 5.41) is 0. The molecule has 0 atom stereocenters. The third-order valence-electron chi connectivity index (χ3n) is 3.03. The number of hydrogen-bond donors (Lipinski definition) is 1. The molecule has 0 aromatic rings. The first-order chi connectivity index (χ1) is 7.59. The average molecular weight is 228 g/mol.